The molecular formula is C29H57NaO4S. The molecule has 0 heterocycles. The Kier molecular flexibility index (Phi) is 31.5. The summed E-state index contributed by atoms with van der Waals surface area (Å²) in [5, 5.41) is 0. The first-order chi connectivity index (χ1) is 16.5. The summed E-state index contributed by atoms with van der Waals surface area (Å²) in [6, 6.07) is 0. The molecule has 0 fully saturated rings. The van der Waals surface area contributed by atoms with Gasteiger partial charge in [0.05, 0.1) is 6.61 Å². The van der Waals surface area contributed by atoms with E-state index in [1.165, 1.54) is 122 Å². The van der Waals surface area contributed by atoms with Crippen LogP contribution < -0.4 is 29.6 Å². The smallest absolute Gasteiger partial charge is 0.726 e. The van der Waals surface area contributed by atoms with Crippen LogP contribution in [-0.2, 0) is 14.6 Å². The summed E-state index contributed by atoms with van der Waals surface area (Å²) >= 11 is 0. The minimum absolute atomic E-state index is 0. The van der Waals surface area contributed by atoms with Crippen LogP contribution in [-0.4, -0.2) is 19.6 Å². The summed E-state index contributed by atoms with van der Waals surface area (Å²) in [6.07, 6.45) is 33.9. The monoisotopic (exact) mass is 524 g/mol. The molecule has 4 nitrogen and oxygen atoms in total. The average molecular weight is 525 g/mol. The molecule has 0 rings (SSSR count). The van der Waals surface area contributed by atoms with Crippen LogP contribution >= 0.6 is 0 Å². The zero-order chi connectivity index (χ0) is 25.2. The van der Waals surface area contributed by atoms with Crippen molar-refractivity contribution in [3.05, 3.63) is 12.2 Å². The fourth-order valence-corrected chi connectivity index (χ4v) is 4.86. The quantitative estimate of drug-likeness (QED) is 0.0397. The normalized spacial score (nSPS) is 12.8. The molecular weight excluding hydrogens is 467 g/mol. The van der Waals surface area contributed by atoms with Crippen LogP contribution in [0.15, 0.2) is 12.2 Å². The summed E-state index contributed by atoms with van der Waals surface area (Å²) in [4.78, 5) is 0. The summed E-state index contributed by atoms with van der Waals surface area (Å²) < 4.78 is 37.0. The number of hydrogen-bond acceptors (Lipinski definition) is 4. The van der Waals surface area contributed by atoms with Gasteiger partial charge in [-0.3, -0.25) is 4.18 Å². The third-order valence-electron chi connectivity index (χ3n) is 6.74. The molecule has 0 aliphatic carbocycles. The topological polar surface area (TPSA) is 66.4 Å². The molecule has 1 unspecified atom stereocenters. The summed E-state index contributed by atoms with van der Waals surface area (Å²) in [5.41, 5.74) is 0. The van der Waals surface area contributed by atoms with E-state index in [1.54, 1.807) is 0 Å². The van der Waals surface area contributed by atoms with E-state index in [9.17, 15) is 13.0 Å². The van der Waals surface area contributed by atoms with E-state index in [2.05, 4.69) is 30.2 Å². The fourth-order valence-electron chi connectivity index (χ4n) is 4.51. The Morgan fingerprint density at radius 3 is 1.40 bits per heavy atom. The van der Waals surface area contributed by atoms with Crippen LogP contribution in [0.25, 0.3) is 0 Å². The number of unbranched alkanes of at least 4 members (excludes halogenated alkanes) is 20. The molecule has 0 aromatic rings. The van der Waals surface area contributed by atoms with Crippen molar-refractivity contribution in [1.29, 1.82) is 0 Å². The molecule has 0 aromatic heterocycles. The molecule has 0 saturated carbocycles. The predicted molar refractivity (Wildman–Crippen MR) is 146 cm³/mol. The number of allylic oxidation sites excluding steroid dienone is 1. The van der Waals surface area contributed by atoms with Crippen molar-refractivity contribution in [3.63, 3.8) is 0 Å². The van der Waals surface area contributed by atoms with Crippen molar-refractivity contribution >= 4 is 10.4 Å². The molecule has 0 aromatic carbocycles. The first-order valence-corrected chi connectivity index (χ1v) is 16.1. The maximum atomic E-state index is 10.8. The minimum Gasteiger partial charge on any atom is -0.726 e. The van der Waals surface area contributed by atoms with Gasteiger partial charge < -0.3 is 4.55 Å². The molecule has 0 aliphatic heterocycles. The number of hydrogen-bond donors (Lipinski definition) is 0. The third-order valence-corrected chi connectivity index (χ3v) is 7.16. The molecule has 35 heavy (non-hydrogen) atoms. The largest absolute Gasteiger partial charge is 1.00 e. The Bertz CT molecular complexity index is 537. The Labute approximate surface area is 242 Å². The van der Waals surface area contributed by atoms with E-state index >= 15 is 0 Å². The van der Waals surface area contributed by atoms with Gasteiger partial charge in [-0.2, -0.15) is 0 Å². The molecule has 0 aliphatic rings. The zero-order valence-corrected chi connectivity index (χ0v) is 26.6. The summed E-state index contributed by atoms with van der Waals surface area (Å²) in [5.74, 6) is 0.0197. The van der Waals surface area contributed by atoms with E-state index in [1.807, 2.05) is 0 Å². The maximum Gasteiger partial charge on any atom is 1.00 e. The van der Waals surface area contributed by atoms with E-state index in [0.717, 1.165) is 25.7 Å². The number of rotatable bonds is 27. The second-order valence-electron chi connectivity index (χ2n) is 10.2. The molecule has 0 spiro atoms. The predicted octanol–water partition coefficient (Wildman–Crippen LogP) is 6.65. The molecule has 204 valence electrons. The van der Waals surface area contributed by atoms with Crippen molar-refractivity contribution in [3.8, 4) is 0 Å². The van der Waals surface area contributed by atoms with Crippen LogP contribution in [0.2, 0.25) is 0 Å². The van der Waals surface area contributed by atoms with Gasteiger partial charge in [-0.05, 0) is 19.3 Å². The second-order valence-corrected chi connectivity index (χ2v) is 11.2. The van der Waals surface area contributed by atoms with Gasteiger partial charge in [-0.25, -0.2) is 8.42 Å². The van der Waals surface area contributed by atoms with Crippen molar-refractivity contribution in [1.82, 2.24) is 0 Å². The third kappa shape index (κ3) is 32.6. The second kappa shape index (κ2) is 29.2. The van der Waals surface area contributed by atoms with Gasteiger partial charge in [-0.1, -0.05) is 154 Å². The van der Waals surface area contributed by atoms with Gasteiger partial charge >= 0.3 is 29.6 Å². The zero-order valence-electron chi connectivity index (χ0n) is 23.7. The molecule has 6 heteroatoms. The van der Waals surface area contributed by atoms with Crippen LogP contribution in [0.1, 0.15) is 162 Å². The minimum atomic E-state index is -4.61. The van der Waals surface area contributed by atoms with E-state index in [0.29, 0.717) is 0 Å². The van der Waals surface area contributed by atoms with Crippen LogP contribution in [0.4, 0.5) is 0 Å². The Hall–Kier alpha value is 0.610. The van der Waals surface area contributed by atoms with Gasteiger partial charge in [-0.15, -0.1) is 0 Å². The molecule has 0 saturated heterocycles. The first-order valence-electron chi connectivity index (χ1n) is 14.8. The van der Waals surface area contributed by atoms with Gasteiger partial charge in [0, 0.05) is 5.92 Å². The maximum absolute atomic E-state index is 10.8. The summed E-state index contributed by atoms with van der Waals surface area (Å²) in [7, 11) is -4.61. The van der Waals surface area contributed by atoms with Gasteiger partial charge in [0.2, 0.25) is 10.4 Å². The van der Waals surface area contributed by atoms with Crippen molar-refractivity contribution in [2.75, 3.05) is 6.61 Å². The van der Waals surface area contributed by atoms with Crippen LogP contribution in [0, 0.1) is 5.92 Å². The van der Waals surface area contributed by atoms with E-state index < -0.39 is 10.4 Å². The standard InChI is InChI=1S/C29H58O4S.Na/c1-3-5-7-9-11-12-13-14-15-16-17-18-19-20-21-23-25-27-29(28-33-34(30,31)32)26-24-22-10-8-6-4-2;/h25,27,29H,3-24,26,28H2,1-2H3,(H,30,31,32);/q;+1/p-1/b27-25+;. The van der Waals surface area contributed by atoms with E-state index in [-0.39, 0.29) is 42.1 Å². The Morgan fingerprint density at radius 2 is 1.00 bits per heavy atom. The fraction of sp³-hybridized carbons (Fsp3) is 0.931. The molecule has 0 bridgehead atoms. The Balaban J connectivity index is 0. The van der Waals surface area contributed by atoms with Gasteiger partial charge in [0.25, 0.3) is 0 Å². The van der Waals surface area contributed by atoms with Crippen molar-refractivity contribution < 1.29 is 46.7 Å². The average Bonchev–Trinajstić information content (AvgIpc) is 2.80. The molecule has 0 amide bonds. The van der Waals surface area contributed by atoms with Crippen molar-refractivity contribution in [2.45, 2.75) is 162 Å². The van der Waals surface area contributed by atoms with Gasteiger partial charge in [0.15, 0.2) is 0 Å². The summed E-state index contributed by atoms with van der Waals surface area (Å²) in [6.45, 7) is 4.47. The molecule has 0 N–H and O–H groups in total. The molecule has 0 radical (unpaired) electrons. The van der Waals surface area contributed by atoms with Gasteiger partial charge in [0.1, 0.15) is 0 Å². The van der Waals surface area contributed by atoms with Crippen molar-refractivity contribution in [2.24, 2.45) is 5.92 Å². The van der Waals surface area contributed by atoms with Crippen LogP contribution in [0.3, 0.4) is 0 Å². The molecule has 1 atom stereocenters. The first kappa shape index (κ1) is 37.8. The Morgan fingerprint density at radius 1 is 0.629 bits per heavy atom. The SMILES string of the molecule is CCCCCCCCCCCCCCCCC/C=C/C(CCCCCCCC)COS(=O)(=O)[O-].[Na+]. The van der Waals surface area contributed by atoms with E-state index in [4.69, 9.17) is 0 Å². The van der Waals surface area contributed by atoms with Crippen LogP contribution in [0.5, 0.6) is 0 Å².